The molecule has 18 heavy (non-hydrogen) atoms. The van der Waals surface area contributed by atoms with Gasteiger partial charge in [-0.1, -0.05) is 30.3 Å². The highest BCUT2D eigenvalue weighted by atomic mass is 15.2. The Bertz CT molecular complexity index is 388. The zero-order chi connectivity index (χ0) is 12.8. The van der Waals surface area contributed by atoms with Crippen molar-refractivity contribution in [2.45, 2.75) is 25.3 Å². The fourth-order valence-electron chi connectivity index (χ4n) is 2.72. The first-order valence-electron chi connectivity index (χ1n) is 6.71. The molecule has 1 aromatic rings. The summed E-state index contributed by atoms with van der Waals surface area (Å²) in [6.45, 7) is 2.91. The maximum atomic E-state index is 9.03. The molecule has 0 aromatic heterocycles. The number of nitriles is 1. The number of nitrogens with two attached hydrogens (primary N) is 1. The van der Waals surface area contributed by atoms with Gasteiger partial charge in [-0.05, 0) is 44.0 Å². The first-order valence-corrected chi connectivity index (χ1v) is 6.71. The van der Waals surface area contributed by atoms with Crippen molar-refractivity contribution >= 4 is 0 Å². The third-order valence-electron chi connectivity index (χ3n) is 3.89. The SMILES string of the molecule is N#CCC(c1ccccc1)N1CCC(CN)CC1. The number of hydrogen-bond donors (Lipinski definition) is 1. The van der Waals surface area contributed by atoms with Gasteiger partial charge in [0.15, 0.2) is 0 Å². The minimum Gasteiger partial charge on any atom is -0.330 e. The van der Waals surface area contributed by atoms with Crippen LogP contribution in [0.4, 0.5) is 0 Å². The van der Waals surface area contributed by atoms with E-state index in [1.807, 2.05) is 18.2 Å². The van der Waals surface area contributed by atoms with Crippen LogP contribution in [0.15, 0.2) is 30.3 Å². The van der Waals surface area contributed by atoms with Gasteiger partial charge in [0.05, 0.1) is 12.5 Å². The van der Waals surface area contributed by atoms with E-state index in [-0.39, 0.29) is 6.04 Å². The highest BCUT2D eigenvalue weighted by Gasteiger charge is 2.25. The summed E-state index contributed by atoms with van der Waals surface area (Å²) in [4.78, 5) is 2.44. The maximum absolute atomic E-state index is 9.03. The molecule has 1 unspecified atom stereocenters. The number of likely N-dealkylation sites (tertiary alicyclic amines) is 1. The zero-order valence-electron chi connectivity index (χ0n) is 10.8. The highest BCUT2D eigenvalue weighted by Crippen LogP contribution is 2.28. The van der Waals surface area contributed by atoms with Gasteiger partial charge in [0.2, 0.25) is 0 Å². The standard InChI is InChI=1S/C15H21N3/c16-9-6-15(14-4-2-1-3-5-14)18-10-7-13(12-17)8-11-18/h1-5,13,15H,6-8,10-12,17H2. The van der Waals surface area contributed by atoms with E-state index in [0.29, 0.717) is 12.3 Å². The van der Waals surface area contributed by atoms with Crippen LogP contribution in [0.25, 0.3) is 0 Å². The number of piperidine rings is 1. The zero-order valence-corrected chi connectivity index (χ0v) is 10.8. The summed E-state index contributed by atoms with van der Waals surface area (Å²) < 4.78 is 0. The van der Waals surface area contributed by atoms with Crippen molar-refractivity contribution in [1.82, 2.24) is 4.90 Å². The molecular formula is C15H21N3. The molecule has 2 N–H and O–H groups in total. The average Bonchev–Trinajstić information content (AvgIpc) is 2.46. The van der Waals surface area contributed by atoms with Crippen LogP contribution in [-0.2, 0) is 0 Å². The summed E-state index contributed by atoms with van der Waals surface area (Å²) in [5.74, 6) is 0.666. The normalized spacial score (nSPS) is 19.3. The Labute approximate surface area is 109 Å². The Morgan fingerprint density at radius 3 is 2.50 bits per heavy atom. The molecule has 0 aliphatic carbocycles. The Morgan fingerprint density at radius 2 is 1.94 bits per heavy atom. The quantitative estimate of drug-likeness (QED) is 0.883. The van der Waals surface area contributed by atoms with E-state index in [9.17, 15) is 0 Å². The first-order chi connectivity index (χ1) is 8.85. The molecule has 1 fully saturated rings. The lowest BCUT2D eigenvalue weighted by Crippen LogP contribution is -2.38. The second-order valence-corrected chi connectivity index (χ2v) is 5.00. The minimum absolute atomic E-state index is 0.245. The molecule has 1 aromatic carbocycles. The lowest BCUT2D eigenvalue weighted by atomic mass is 9.93. The van der Waals surface area contributed by atoms with Gasteiger partial charge in [-0.2, -0.15) is 5.26 Å². The van der Waals surface area contributed by atoms with Crippen LogP contribution in [0.5, 0.6) is 0 Å². The van der Waals surface area contributed by atoms with E-state index >= 15 is 0 Å². The topological polar surface area (TPSA) is 53.0 Å². The Morgan fingerprint density at radius 1 is 1.28 bits per heavy atom. The molecule has 3 heteroatoms. The van der Waals surface area contributed by atoms with Crippen molar-refractivity contribution in [3.8, 4) is 6.07 Å². The van der Waals surface area contributed by atoms with E-state index in [4.69, 9.17) is 11.0 Å². The number of rotatable bonds is 4. The van der Waals surface area contributed by atoms with Crippen LogP contribution >= 0.6 is 0 Å². The molecule has 3 nitrogen and oxygen atoms in total. The van der Waals surface area contributed by atoms with Crippen LogP contribution in [0.1, 0.15) is 30.9 Å². The molecule has 0 spiro atoms. The van der Waals surface area contributed by atoms with Gasteiger partial charge >= 0.3 is 0 Å². The second-order valence-electron chi connectivity index (χ2n) is 5.00. The lowest BCUT2D eigenvalue weighted by molar-refractivity contribution is 0.136. The molecule has 1 aliphatic rings. The molecule has 0 bridgehead atoms. The molecule has 0 saturated carbocycles. The second kappa shape index (κ2) is 6.53. The maximum Gasteiger partial charge on any atom is 0.0641 e. The average molecular weight is 243 g/mol. The largest absolute Gasteiger partial charge is 0.330 e. The van der Waals surface area contributed by atoms with Crippen molar-refractivity contribution in [1.29, 1.82) is 5.26 Å². The summed E-state index contributed by atoms with van der Waals surface area (Å²) in [5.41, 5.74) is 6.98. The first kappa shape index (κ1) is 13.1. The van der Waals surface area contributed by atoms with Gasteiger partial charge in [0, 0.05) is 6.04 Å². The summed E-state index contributed by atoms with van der Waals surface area (Å²) >= 11 is 0. The van der Waals surface area contributed by atoms with Crippen molar-refractivity contribution in [3.63, 3.8) is 0 Å². The number of nitrogens with zero attached hydrogens (tertiary/aromatic N) is 2. The predicted molar refractivity (Wildman–Crippen MR) is 72.8 cm³/mol. The van der Waals surface area contributed by atoms with Crippen molar-refractivity contribution in [2.24, 2.45) is 11.7 Å². The van der Waals surface area contributed by atoms with Crippen LogP contribution in [0.3, 0.4) is 0 Å². The fraction of sp³-hybridized carbons (Fsp3) is 0.533. The highest BCUT2D eigenvalue weighted by molar-refractivity contribution is 5.20. The van der Waals surface area contributed by atoms with E-state index in [1.54, 1.807) is 0 Å². The number of hydrogen-bond acceptors (Lipinski definition) is 3. The summed E-state index contributed by atoms with van der Waals surface area (Å²) in [6, 6.07) is 12.9. The van der Waals surface area contributed by atoms with E-state index < -0.39 is 0 Å². The van der Waals surface area contributed by atoms with Gasteiger partial charge in [-0.3, -0.25) is 4.90 Å². The lowest BCUT2D eigenvalue weighted by Gasteiger charge is -2.36. The Balaban J connectivity index is 2.05. The van der Waals surface area contributed by atoms with Gasteiger partial charge in [0.1, 0.15) is 0 Å². The molecule has 1 atom stereocenters. The monoisotopic (exact) mass is 243 g/mol. The minimum atomic E-state index is 0.245. The van der Waals surface area contributed by atoms with Gasteiger partial charge < -0.3 is 5.73 Å². The van der Waals surface area contributed by atoms with Crippen molar-refractivity contribution < 1.29 is 0 Å². The summed E-state index contributed by atoms with van der Waals surface area (Å²) in [7, 11) is 0. The van der Waals surface area contributed by atoms with E-state index in [0.717, 1.165) is 32.5 Å². The number of benzene rings is 1. The van der Waals surface area contributed by atoms with Crippen LogP contribution in [-0.4, -0.2) is 24.5 Å². The molecule has 0 amide bonds. The molecule has 0 radical (unpaired) electrons. The van der Waals surface area contributed by atoms with Crippen LogP contribution in [0, 0.1) is 17.2 Å². The molecule has 2 rings (SSSR count). The molecule has 96 valence electrons. The fourth-order valence-corrected chi connectivity index (χ4v) is 2.72. The molecule has 1 heterocycles. The Kier molecular flexibility index (Phi) is 4.74. The van der Waals surface area contributed by atoms with Gasteiger partial charge in [-0.25, -0.2) is 0 Å². The molecular weight excluding hydrogens is 222 g/mol. The molecule has 1 saturated heterocycles. The summed E-state index contributed by atoms with van der Waals surface area (Å²) in [6.07, 6.45) is 2.88. The third kappa shape index (κ3) is 3.10. The Hall–Kier alpha value is -1.37. The van der Waals surface area contributed by atoms with Crippen molar-refractivity contribution in [2.75, 3.05) is 19.6 Å². The van der Waals surface area contributed by atoms with Gasteiger partial charge in [0.25, 0.3) is 0 Å². The van der Waals surface area contributed by atoms with E-state index in [2.05, 4.69) is 23.1 Å². The van der Waals surface area contributed by atoms with Crippen LogP contribution in [0.2, 0.25) is 0 Å². The molecule has 1 aliphatic heterocycles. The smallest absolute Gasteiger partial charge is 0.0641 e. The third-order valence-corrected chi connectivity index (χ3v) is 3.89. The summed E-state index contributed by atoms with van der Waals surface area (Å²) in [5, 5.41) is 9.03. The van der Waals surface area contributed by atoms with Crippen LogP contribution < -0.4 is 5.73 Å². The predicted octanol–water partition coefficient (Wildman–Crippen LogP) is 2.31. The van der Waals surface area contributed by atoms with Crippen molar-refractivity contribution in [3.05, 3.63) is 35.9 Å². The van der Waals surface area contributed by atoms with Gasteiger partial charge in [-0.15, -0.1) is 0 Å². The van der Waals surface area contributed by atoms with E-state index in [1.165, 1.54) is 5.56 Å².